The molecule has 1 atom stereocenters. The molecule has 2 N–H and O–H groups in total. The highest BCUT2D eigenvalue weighted by Crippen LogP contribution is 2.29. The van der Waals surface area contributed by atoms with E-state index < -0.39 is 11.9 Å². The van der Waals surface area contributed by atoms with E-state index in [4.69, 9.17) is 5.26 Å². The number of rotatable bonds is 4. The Morgan fingerprint density at radius 3 is 2.85 bits per heavy atom. The van der Waals surface area contributed by atoms with E-state index in [0.717, 1.165) is 37.9 Å². The average Bonchev–Trinajstić information content (AvgIpc) is 2.90. The second kappa shape index (κ2) is 6.09. The second-order valence-electron chi connectivity index (χ2n) is 4.71. The lowest BCUT2D eigenvalue weighted by atomic mass is 10.1. The minimum absolute atomic E-state index is 0.000298. The predicted octanol–water partition coefficient (Wildman–Crippen LogP) is 2.53. The standard InChI is InChI=1S/C13H15F3N4/c14-13(15,16)11-4-3-9(8-17)12(20-11)19-7-5-10-2-1-6-18-10/h3-4,10,18H,1-2,5-7H2,(H,19,20)/t10-/m0/s1. The van der Waals surface area contributed by atoms with E-state index >= 15 is 0 Å². The van der Waals surface area contributed by atoms with E-state index in [9.17, 15) is 13.2 Å². The van der Waals surface area contributed by atoms with Gasteiger partial charge in [-0.1, -0.05) is 0 Å². The summed E-state index contributed by atoms with van der Waals surface area (Å²) in [6, 6.07) is 4.20. The maximum atomic E-state index is 12.6. The third-order valence-electron chi connectivity index (χ3n) is 3.25. The lowest BCUT2D eigenvalue weighted by Crippen LogP contribution is -2.24. The molecular formula is C13H15F3N4. The van der Waals surface area contributed by atoms with Gasteiger partial charge in [-0.3, -0.25) is 0 Å². The molecule has 2 rings (SSSR count). The molecule has 0 saturated carbocycles. The van der Waals surface area contributed by atoms with Crippen molar-refractivity contribution in [1.29, 1.82) is 5.26 Å². The van der Waals surface area contributed by atoms with Gasteiger partial charge in [0.25, 0.3) is 0 Å². The van der Waals surface area contributed by atoms with Gasteiger partial charge in [0.2, 0.25) is 0 Å². The molecule has 1 aromatic heterocycles. The summed E-state index contributed by atoms with van der Waals surface area (Å²) in [5, 5.41) is 15.0. The van der Waals surface area contributed by atoms with Crippen LogP contribution in [0.5, 0.6) is 0 Å². The first kappa shape index (κ1) is 14.6. The number of alkyl halides is 3. The Balaban J connectivity index is 2.02. The van der Waals surface area contributed by atoms with Crippen LogP contribution >= 0.6 is 0 Å². The van der Waals surface area contributed by atoms with Gasteiger partial charge < -0.3 is 10.6 Å². The zero-order valence-electron chi connectivity index (χ0n) is 10.8. The molecule has 4 nitrogen and oxygen atoms in total. The Morgan fingerprint density at radius 2 is 2.25 bits per heavy atom. The third-order valence-corrected chi connectivity index (χ3v) is 3.25. The summed E-state index contributed by atoms with van der Waals surface area (Å²) in [5.74, 6) is 0.000298. The van der Waals surface area contributed by atoms with E-state index in [1.54, 1.807) is 0 Å². The second-order valence-corrected chi connectivity index (χ2v) is 4.71. The zero-order valence-corrected chi connectivity index (χ0v) is 10.8. The van der Waals surface area contributed by atoms with Crippen molar-refractivity contribution in [2.75, 3.05) is 18.4 Å². The maximum absolute atomic E-state index is 12.6. The number of pyridine rings is 1. The number of hydrogen-bond acceptors (Lipinski definition) is 4. The molecular weight excluding hydrogens is 269 g/mol. The van der Waals surface area contributed by atoms with Gasteiger partial charge in [-0.2, -0.15) is 18.4 Å². The molecule has 7 heteroatoms. The van der Waals surface area contributed by atoms with Gasteiger partial charge in [-0.25, -0.2) is 4.98 Å². The number of nitrogens with one attached hydrogen (secondary N) is 2. The van der Waals surface area contributed by atoms with E-state index in [1.807, 2.05) is 6.07 Å². The highest BCUT2D eigenvalue weighted by molar-refractivity contribution is 5.52. The number of aromatic nitrogens is 1. The van der Waals surface area contributed by atoms with Crippen LogP contribution in [0.1, 0.15) is 30.5 Å². The van der Waals surface area contributed by atoms with Gasteiger partial charge in [0.05, 0.1) is 5.56 Å². The number of nitriles is 1. The molecule has 0 spiro atoms. The molecule has 1 aliphatic heterocycles. The molecule has 0 radical (unpaired) electrons. The maximum Gasteiger partial charge on any atom is 0.433 e. The van der Waals surface area contributed by atoms with Crippen molar-refractivity contribution in [3.63, 3.8) is 0 Å². The highest BCUT2D eigenvalue weighted by atomic mass is 19.4. The molecule has 20 heavy (non-hydrogen) atoms. The fraction of sp³-hybridized carbons (Fsp3) is 0.538. The highest BCUT2D eigenvalue weighted by Gasteiger charge is 2.33. The van der Waals surface area contributed by atoms with Crippen LogP contribution in [0, 0.1) is 11.3 Å². The van der Waals surface area contributed by atoms with Crippen LogP contribution < -0.4 is 10.6 Å². The third kappa shape index (κ3) is 3.61. The van der Waals surface area contributed by atoms with Gasteiger partial charge in [0, 0.05) is 12.6 Å². The Labute approximate surface area is 115 Å². The van der Waals surface area contributed by atoms with Crippen molar-refractivity contribution in [3.05, 3.63) is 23.4 Å². The van der Waals surface area contributed by atoms with Crippen molar-refractivity contribution in [1.82, 2.24) is 10.3 Å². The normalized spacial score (nSPS) is 18.8. The van der Waals surface area contributed by atoms with E-state index in [-0.39, 0.29) is 11.4 Å². The van der Waals surface area contributed by atoms with Gasteiger partial charge in [-0.05, 0) is 37.9 Å². The van der Waals surface area contributed by atoms with Crippen molar-refractivity contribution in [2.24, 2.45) is 0 Å². The monoisotopic (exact) mass is 284 g/mol. The smallest absolute Gasteiger partial charge is 0.369 e. The molecule has 1 saturated heterocycles. The summed E-state index contributed by atoms with van der Waals surface area (Å²) < 4.78 is 37.8. The van der Waals surface area contributed by atoms with Crippen molar-refractivity contribution in [2.45, 2.75) is 31.5 Å². The Kier molecular flexibility index (Phi) is 4.45. The van der Waals surface area contributed by atoms with E-state index in [0.29, 0.717) is 12.6 Å². The number of halogens is 3. The van der Waals surface area contributed by atoms with Gasteiger partial charge in [-0.15, -0.1) is 0 Å². The van der Waals surface area contributed by atoms with Gasteiger partial charge >= 0.3 is 6.18 Å². The number of hydrogen-bond donors (Lipinski definition) is 2. The fourth-order valence-corrected chi connectivity index (χ4v) is 2.21. The molecule has 0 bridgehead atoms. The minimum Gasteiger partial charge on any atom is -0.369 e. The Bertz CT molecular complexity index is 501. The van der Waals surface area contributed by atoms with Crippen LogP contribution in [0.3, 0.4) is 0 Å². The molecule has 108 valence electrons. The van der Waals surface area contributed by atoms with Crippen LogP contribution in [0.4, 0.5) is 19.0 Å². The summed E-state index contributed by atoms with van der Waals surface area (Å²) in [4.78, 5) is 3.50. The van der Waals surface area contributed by atoms with E-state index in [2.05, 4.69) is 15.6 Å². The lowest BCUT2D eigenvalue weighted by molar-refractivity contribution is -0.141. The molecule has 1 fully saturated rings. The van der Waals surface area contributed by atoms with Gasteiger partial charge in [0.15, 0.2) is 0 Å². The molecule has 0 aromatic carbocycles. The van der Waals surface area contributed by atoms with Crippen LogP contribution in [-0.4, -0.2) is 24.1 Å². The van der Waals surface area contributed by atoms with Gasteiger partial charge in [0.1, 0.15) is 17.6 Å². The van der Waals surface area contributed by atoms with Crippen LogP contribution in [0.25, 0.3) is 0 Å². The van der Waals surface area contributed by atoms with Crippen LogP contribution in [0.2, 0.25) is 0 Å². The van der Waals surface area contributed by atoms with Crippen molar-refractivity contribution in [3.8, 4) is 6.07 Å². The fourth-order valence-electron chi connectivity index (χ4n) is 2.21. The summed E-state index contributed by atoms with van der Waals surface area (Å²) >= 11 is 0. The zero-order chi connectivity index (χ0) is 14.6. The largest absolute Gasteiger partial charge is 0.433 e. The first-order valence-electron chi connectivity index (χ1n) is 6.46. The Morgan fingerprint density at radius 1 is 1.45 bits per heavy atom. The topological polar surface area (TPSA) is 60.7 Å². The first-order chi connectivity index (χ1) is 9.50. The SMILES string of the molecule is N#Cc1ccc(C(F)(F)F)nc1NCC[C@@H]1CCCN1. The van der Waals surface area contributed by atoms with Crippen LogP contribution in [-0.2, 0) is 6.18 Å². The summed E-state index contributed by atoms with van der Waals surface area (Å²) in [7, 11) is 0. The first-order valence-corrected chi connectivity index (χ1v) is 6.46. The molecule has 1 aliphatic rings. The van der Waals surface area contributed by atoms with Crippen molar-refractivity contribution >= 4 is 5.82 Å². The molecule has 2 heterocycles. The summed E-state index contributed by atoms with van der Waals surface area (Å²) in [6.07, 6.45) is -1.51. The molecule has 0 aliphatic carbocycles. The average molecular weight is 284 g/mol. The van der Waals surface area contributed by atoms with Crippen molar-refractivity contribution < 1.29 is 13.2 Å². The molecule has 0 unspecified atom stereocenters. The van der Waals surface area contributed by atoms with E-state index in [1.165, 1.54) is 0 Å². The molecule has 1 aromatic rings. The lowest BCUT2D eigenvalue weighted by Gasteiger charge is -2.13. The predicted molar refractivity (Wildman–Crippen MR) is 68.1 cm³/mol. The quantitative estimate of drug-likeness (QED) is 0.892. The minimum atomic E-state index is -4.50. The number of anilines is 1. The van der Waals surface area contributed by atoms with Crippen LogP contribution in [0.15, 0.2) is 12.1 Å². The molecule has 0 amide bonds. The summed E-state index contributed by atoms with van der Waals surface area (Å²) in [5.41, 5.74) is -0.865. The number of nitrogens with zero attached hydrogens (tertiary/aromatic N) is 2. The Hall–Kier alpha value is -1.81. The summed E-state index contributed by atoms with van der Waals surface area (Å²) in [6.45, 7) is 1.47.